The second-order valence-corrected chi connectivity index (χ2v) is 8.91. The molecule has 0 amide bonds. The molecule has 6 nitrogen and oxygen atoms in total. The summed E-state index contributed by atoms with van der Waals surface area (Å²) in [5, 5.41) is 0. The first-order valence-corrected chi connectivity index (χ1v) is 11.9. The zero-order valence-corrected chi connectivity index (χ0v) is 19.3. The van der Waals surface area contributed by atoms with E-state index in [-0.39, 0.29) is 12.2 Å². The van der Waals surface area contributed by atoms with Gasteiger partial charge < -0.3 is 9.15 Å². The number of hydrogen-bond donors (Lipinski definition) is 0. The maximum atomic E-state index is 13.4. The number of aromatic nitrogens is 1. The lowest BCUT2D eigenvalue weighted by molar-refractivity contribution is -0.139. The van der Waals surface area contributed by atoms with E-state index >= 15 is 0 Å². The van der Waals surface area contributed by atoms with Gasteiger partial charge >= 0.3 is 5.97 Å². The molecule has 0 saturated carbocycles. The van der Waals surface area contributed by atoms with Crippen molar-refractivity contribution < 1.29 is 13.9 Å². The predicted octanol–water partition coefficient (Wildman–Crippen LogP) is 3.42. The fourth-order valence-electron chi connectivity index (χ4n) is 3.55. The number of thiazole rings is 1. The highest BCUT2D eigenvalue weighted by atomic mass is 32.2. The quantitative estimate of drug-likeness (QED) is 0.436. The third kappa shape index (κ3) is 4.05. The van der Waals surface area contributed by atoms with Gasteiger partial charge in [0, 0.05) is 11.0 Å². The van der Waals surface area contributed by atoms with E-state index in [1.54, 1.807) is 36.3 Å². The number of esters is 1. The standard InChI is InChI=1S/C23H22N2O4S2/c1-5-28-22(27)19-14(3)24-23-25(20(19)15-7-10-17(30-4)11-8-15)21(26)18(31-23)12-16-9-6-13(2)29-16/h6-12,20H,5H2,1-4H3/b18-12-. The Morgan fingerprint density at radius 3 is 2.61 bits per heavy atom. The van der Waals surface area contributed by atoms with Crippen molar-refractivity contribution >= 4 is 35.1 Å². The van der Waals surface area contributed by atoms with Crippen molar-refractivity contribution in [2.45, 2.75) is 31.7 Å². The summed E-state index contributed by atoms with van der Waals surface area (Å²) in [6.45, 7) is 5.64. The average molecular weight is 455 g/mol. The van der Waals surface area contributed by atoms with Crippen molar-refractivity contribution in [1.82, 2.24) is 4.57 Å². The summed E-state index contributed by atoms with van der Waals surface area (Å²) in [5.74, 6) is 0.912. The number of nitrogens with zero attached hydrogens (tertiary/aromatic N) is 2. The van der Waals surface area contributed by atoms with Gasteiger partial charge in [0.1, 0.15) is 11.5 Å². The van der Waals surface area contributed by atoms with E-state index in [9.17, 15) is 9.59 Å². The van der Waals surface area contributed by atoms with Crippen LogP contribution in [0.1, 0.15) is 37.0 Å². The molecule has 0 radical (unpaired) electrons. The zero-order valence-electron chi connectivity index (χ0n) is 17.7. The largest absolute Gasteiger partial charge is 0.463 e. The van der Waals surface area contributed by atoms with Crippen molar-refractivity contribution in [3.63, 3.8) is 0 Å². The van der Waals surface area contributed by atoms with E-state index in [4.69, 9.17) is 9.15 Å². The summed E-state index contributed by atoms with van der Waals surface area (Å²) in [5.41, 5.74) is 1.55. The van der Waals surface area contributed by atoms with Crippen LogP contribution in [0.3, 0.4) is 0 Å². The highest BCUT2D eigenvalue weighted by molar-refractivity contribution is 7.98. The molecule has 4 rings (SSSR count). The number of hydrogen-bond acceptors (Lipinski definition) is 7. The van der Waals surface area contributed by atoms with Gasteiger partial charge in [0.2, 0.25) is 0 Å². The van der Waals surface area contributed by atoms with E-state index in [0.29, 0.717) is 26.4 Å². The van der Waals surface area contributed by atoms with E-state index in [0.717, 1.165) is 16.2 Å². The topological polar surface area (TPSA) is 73.8 Å². The molecular weight excluding hydrogens is 432 g/mol. The van der Waals surface area contributed by atoms with Gasteiger partial charge in [0.05, 0.1) is 28.5 Å². The Bertz CT molecular complexity index is 1340. The van der Waals surface area contributed by atoms with E-state index in [1.165, 1.54) is 11.3 Å². The minimum Gasteiger partial charge on any atom is -0.463 e. The molecule has 2 aromatic heterocycles. The Morgan fingerprint density at radius 1 is 1.26 bits per heavy atom. The maximum Gasteiger partial charge on any atom is 0.338 e. The second-order valence-electron chi connectivity index (χ2n) is 7.02. The van der Waals surface area contributed by atoms with Crippen molar-refractivity contribution in [3.8, 4) is 0 Å². The lowest BCUT2D eigenvalue weighted by Crippen LogP contribution is -2.39. The Balaban J connectivity index is 1.94. The second kappa shape index (κ2) is 8.72. The molecule has 8 heteroatoms. The van der Waals surface area contributed by atoms with E-state index in [1.807, 2.05) is 49.6 Å². The summed E-state index contributed by atoms with van der Waals surface area (Å²) in [4.78, 5) is 32.5. The Morgan fingerprint density at radius 2 is 2.00 bits per heavy atom. The van der Waals surface area contributed by atoms with Gasteiger partial charge in [-0.05, 0) is 56.9 Å². The van der Waals surface area contributed by atoms with Gasteiger partial charge in [0.25, 0.3) is 5.56 Å². The van der Waals surface area contributed by atoms with Crippen LogP contribution >= 0.6 is 23.1 Å². The fourth-order valence-corrected chi connectivity index (χ4v) is 4.99. The van der Waals surface area contributed by atoms with Gasteiger partial charge in [-0.1, -0.05) is 23.5 Å². The number of allylic oxidation sites excluding steroid dienone is 1. The third-order valence-electron chi connectivity index (χ3n) is 4.98. The van der Waals surface area contributed by atoms with Crippen LogP contribution in [0, 0.1) is 6.92 Å². The monoisotopic (exact) mass is 454 g/mol. The SMILES string of the molecule is CCOC(=O)C1=C(C)N=c2s/c(=C\c3ccc(C)o3)c(=O)n2C1c1ccc(SC)cc1. The zero-order chi connectivity index (χ0) is 22.1. The molecule has 0 N–H and O–H groups in total. The predicted molar refractivity (Wildman–Crippen MR) is 122 cm³/mol. The molecule has 1 aliphatic rings. The summed E-state index contributed by atoms with van der Waals surface area (Å²) in [6, 6.07) is 10.9. The van der Waals surface area contributed by atoms with Crippen LogP contribution in [0.5, 0.6) is 0 Å². The van der Waals surface area contributed by atoms with Crippen molar-refractivity contribution in [1.29, 1.82) is 0 Å². The Labute approximate surface area is 187 Å². The maximum absolute atomic E-state index is 13.4. The van der Waals surface area contributed by atoms with Crippen LogP contribution in [0.4, 0.5) is 0 Å². The number of thioether (sulfide) groups is 1. The molecule has 1 unspecified atom stereocenters. The first-order chi connectivity index (χ1) is 14.9. The molecule has 0 saturated heterocycles. The van der Waals surface area contributed by atoms with Gasteiger partial charge in [-0.3, -0.25) is 9.36 Å². The van der Waals surface area contributed by atoms with E-state index < -0.39 is 12.0 Å². The molecule has 0 fully saturated rings. The molecule has 1 aromatic carbocycles. The van der Waals surface area contributed by atoms with E-state index in [2.05, 4.69) is 4.99 Å². The molecule has 0 aliphatic carbocycles. The number of benzene rings is 1. The minimum atomic E-state index is -0.605. The van der Waals surface area contributed by atoms with Gasteiger partial charge in [-0.2, -0.15) is 0 Å². The normalized spacial score (nSPS) is 16.3. The molecule has 3 aromatic rings. The smallest absolute Gasteiger partial charge is 0.338 e. The molecular formula is C23H22N2O4S2. The number of carbonyl (C=O) groups is 1. The first kappa shape index (κ1) is 21.4. The molecule has 1 aliphatic heterocycles. The average Bonchev–Trinajstić information content (AvgIpc) is 3.30. The lowest BCUT2D eigenvalue weighted by atomic mass is 9.96. The highest BCUT2D eigenvalue weighted by Crippen LogP contribution is 2.31. The minimum absolute atomic E-state index is 0.217. The molecule has 0 spiro atoms. The molecule has 3 heterocycles. The van der Waals surface area contributed by atoms with Gasteiger partial charge in [-0.15, -0.1) is 11.8 Å². The third-order valence-corrected chi connectivity index (χ3v) is 6.71. The summed E-state index contributed by atoms with van der Waals surface area (Å²) in [6.07, 6.45) is 3.72. The van der Waals surface area contributed by atoms with Crippen LogP contribution < -0.4 is 14.9 Å². The first-order valence-electron chi connectivity index (χ1n) is 9.83. The van der Waals surface area contributed by atoms with Crippen LogP contribution in [-0.2, 0) is 9.53 Å². The van der Waals surface area contributed by atoms with Crippen molar-refractivity contribution in [3.05, 3.63) is 84.4 Å². The Hall–Kier alpha value is -2.84. The number of furan rings is 1. The van der Waals surface area contributed by atoms with Crippen molar-refractivity contribution in [2.24, 2.45) is 4.99 Å². The van der Waals surface area contributed by atoms with Gasteiger partial charge in [-0.25, -0.2) is 9.79 Å². The summed E-state index contributed by atoms with van der Waals surface area (Å²) >= 11 is 2.91. The summed E-state index contributed by atoms with van der Waals surface area (Å²) < 4.78 is 13.0. The number of rotatable bonds is 5. The number of ether oxygens (including phenoxy) is 1. The lowest BCUT2D eigenvalue weighted by Gasteiger charge is -2.24. The van der Waals surface area contributed by atoms with Crippen LogP contribution in [-0.4, -0.2) is 23.4 Å². The molecule has 31 heavy (non-hydrogen) atoms. The highest BCUT2D eigenvalue weighted by Gasteiger charge is 2.33. The Kier molecular flexibility index (Phi) is 6.02. The van der Waals surface area contributed by atoms with Crippen LogP contribution in [0.15, 0.2) is 66.8 Å². The van der Waals surface area contributed by atoms with Gasteiger partial charge in [0.15, 0.2) is 4.80 Å². The molecule has 0 bridgehead atoms. The van der Waals surface area contributed by atoms with Crippen LogP contribution in [0.2, 0.25) is 0 Å². The number of aryl methyl sites for hydroxylation is 1. The number of carbonyl (C=O) groups excluding carboxylic acids is 1. The molecule has 160 valence electrons. The van der Waals surface area contributed by atoms with Crippen LogP contribution in [0.25, 0.3) is 6.08 Å². The fraction of sp³-hybridized carbons (Fsp3) is 0.261. The molecule has 1 atom stereocenters. The number of fused-ring (bicyclic) bond motifs is 1. The summed E-state index contributed by atoms with van der Waals surface area (Å²) in [7, 11) is 0. The van der Waals surface area contributed by atoms with Crippen molar-refractivity contribution in [2.75, 3.05) is 12.9 Å².